The van der Waals surface area contributed by atoms with Crippen LogP contribution in [0.4, 0.5) is 20.5 Å². The molecule has 0 aromatic carbocycles. The molecule has 2 aliphatic rings. The lowest BCUT2D eigenvalue weighted by Gasteiger charge is -2.26. The van der Waals surface area contributed by atoms with Gasteiger partial charge in [0.15, 0.2) is 28.1 Å². The Morgan fingerprint density at radius 3 is 2.81 bits per heavy atom. The van der Waals surface area contributed by atoms with Gasteiger partial charge in [0.2, 0.25) is 5.95 Å². The van der Waals surface area contributed by atoms with Crippen LogP contribution < -0.4 is 17.0 Å². The van der Waals surface area contributed by atoms with Gasteiger partial charge in [-0.15, -0.1) is 22.0 Å². The lowest BCUT2D eigenvalue weighted by atomic mass is 10.1. The zero-order chi connectivity index (χ0) is 30.0. The molecule has 42 heavy (non-hydrogen) atoms. The van der Waals surface area contributed by atoms with Gasteiger partial charge in [0.05, 0.1) is 18.5 Å². The van der Waals surface area contributed by atoms with E-state index in [-0.39, 0.29) is 34.1 Å². The van der Waals surface area contributed by atoms with E-state index in [2.05, 4.69) is 52.8 Å². The van der Waals surface area contributed by atoms with Crippen LogP contribution in [0.3, 0.4) is 0 Å². The van der Waals surface area contributed by atoms with Gasteiger partial charge >= 0.3 is 6.80 Å². The number of fused-ring (bicyclic) bond motifs is 2. The summed E-state index contributed by atoms with van der Waals surface area (Å²) >= 11 is 4.77. The van der Waals surface area contributed by atoms with Crippen molar-refractivity contribution >= 4 is 64.9 Å². The number of thiol groups is 1. The van der Waals surface area contributed by atoms with Crippen LogP contribution in [0.5, 0.6) is 0 Å². The van der Waals surface area contributed by atoms with E-state index in [9.17, 15) is 19.6 Å². The van der Waals surface area contributed by atoms with Crippen molar-refractivity contribution in [3.63, 3.8) is 0 Å². The maximum atomic E-state index is 15.9. The minimum Gasteiger partial charge on any atom is -0.395 e. The van der Waals surface area contributed by atoms with E-state index >= 15 is 8.78 Å². The van der Waals surface area contributed by atoms with Gasteiger partial charge in [0.25, 0.3) is 11.4 Å². The van der Waals surface area contributed by atoms with E-state index < -0.39 is 73.1 Å². The summed E-state index contributed by atoms with van der Waals surface area (Å²) in [5.41, 5.74) is 10.2. The summed E-state index contributed by atoms with van der Waals surface area (Å²) in [6.45, 7) is -6.52. The number of anilines is 2. The lowest BCUT2D eigenvalue weighted by Crippen LogP contribution is -2.44. The molecule has 0 saturated carbocycles. The van der Waals surface area contributed by atoms with Gasteiger partial charge in [-0.25, -0.2) is 28.0 Å². The number of hydrogen-bond acceptors (Lipinski definition) is 17. The maximum Gasteiger partial charge on any atom is 0.386 e. The Kier molecular flexibility index (Phi) is 7.32. The average Bonchev–Trinajstić information content (AvgIpc) is 3.70. The van der Waals surface area contributed by atoms with Crippen LogP contribution in [-0.2, 0) is 24.1 Å². The Hall–Kier alpha value is -3.05. The quantitative estimate of drug-likeness (QED) is 0.0953. The molecule has 2 fully saturated rings. The van der Waals surface area contributed by atoms with Gasteiger partial charge in [-0.1, -0.05) is 22.7 Å². The van der Waals surface area contributed by atoms with Crippen LogP contribution in [0.2, 0.25) is 0 Å². The van der Waals surface area contributed by atoms with Crippen molar-refractivity contribution in [2.75, 3.05) is 31.3 Å². The topological polar surface area (TPSA) is 270 Å². The number of H-pyrrole nitrogens is 1. The SMILES string of the molecule is Nc1nc2c(nnn2[C@@H]2S[C@H](CO)[C@@H](F)[C@H]2OP(=O)(S)OC[C@H]2OCC(F)(n3nnc4c(N)ncnc43)[C@@H]2O)c(=O)[nH]1. The number of nitrogens with zero attached hydrogens (tertiary/aromatic N) is 9. The largest absolute Gasteiger partial charge is 0.395 e. The van der Waals surface area contributed by atoms with E-state index in [0.717, 1.165) is 22.8 Å². The fraction of sp³-hybridized carbons (Fsp3) is 0.556. The first-order valence-electron chi connectivity index (χ1n) is 11.9. The Bertz CT molecular complexity index is 1760. The van der Waals surface area contributed by atoms with Gasteiger partial charge in [0.1, 0.15) is 42.8 Å². The summed E-state index contributed by atoms with van der Waals surface area (Å²) in [5.74, 6) is -2.99. The second-order valence-electron chi connectivity index (χ2n) is 9.23. The molecule has 0 spiro atoms. The highest BCUT2D eigenvalue weighted by molar-refractivity contribution is 8.44. The molecule has 4 aromatic heterocycles. The first kappa shape index (κ1) is 29.0. The van der Waals surface area contributed by atoms with Crippen LogP contribution in [0.1, 0.15) is 5.37 Å². The molecule has 2 saturated heterocycles. The Balaban J connectivity index is 1.19. The number of aliphatic hydroxyl groups is 2. The molecule has 19 nitrogen and oxygen atoms in total. The fourth-order valence-corrected chi connectivity index (χ4v) is 7.47. The molecule has 226 valence electrons. The van der Waals surface area contributed by atoms with Gasteiger partial charge in [-0.3, -0.25) is 18.8 Å². The van der Waals surface area contributed by atoms with Crippen LogP contribution >= 0.6 is 30.8 Å². The number of rotatable bonds is 8. The molecule has 24 heteroatoms. The van der Waals surface area contributed by atoms with E-state index in [4.69, 9.17) is 25.3 Å². The molecule has 6 heterocycles. The first-order valence-corrected chi connectivity index (χ1v) is 15.5. The van der Waals surface area contributed by atoms with Crippen molar-refractivity contribution in [2.24, 2.45) is 0 Å². The van der Waals surface area contributed by atoms with Crippen molar-refractivity contribution < 1.29 is 37.3 Å². The monoisotopic (exact) mass is 650 g/mol. The number of aromatic amines is 1. The standard InChI is InChI=1S/C18H21F2N12O7PS2/c19-7-6(1-33)42-16(31-14-9(28-29-31)15(35)26-17(22)25-14)10(7)39-40(36,41)38-2-5-11(34)18(20,3-37-5)32-13-8(27-30-32)12(21)23-4-24-13/h4-7,10-11,16,33-34H,1-3H2,(H,36,41)(H2,21,23,24)(H3,22,25,26,35)/t5-,6-,7-,10-,11-,16-,18?,40?/m1/s1. The van der Waals surface area contributed by atoms with Gasteiger partial charge in [-0.2, -0.15) is 9.67 Å². The zero-order valence-electron chi connectivity index (χ0n) is 20.8. The zero-order valence-corrected chi connectivity index (χ0v) is 23.4. The average molecular weight is 651 g/mol. The predicted molar refractivity (Wildman–Crippen MR) is 143 cm³/mol. The van der Waals surface area contributed by atoms with E-state index in [1.807, 2.05) is 0 Å². The molecule has 2 unspecified atom stereocenters. The number of hydrogen-bond donors (Lipinski definition) is 6. The molecular formula is C18H21F2N12O7PS2. The minimum absolute atomic E-state index is 0.00304. The minimum atomic E-state index is -4.46. The number of nitrogens with one attached hydrogen (secondary N) is 1. The summed E-state index contributed by atoms with van der Waals surface area (Å²) in [5, 5.41) is 33.2. The second kappa shape index (κ2) is 10.6. The highest BCUT2D eigenvalue weighted by atomic mass is 32.7. The normalized spacial score (nSPS) is 31.3. The molecular weight excluding hydrogens is 629 g/mol. The lowest BCUT2D eigenvalue weighted by molar-refractivity contribution is -0.0535. The second-order valence-corrected chi connectivity index (χ2v) is 13.5. The van der Waals surface area contributed by atoms with E-state index in [0.29, 0.717) is 4.68 Å². The number of aliphatic hydroxyl groups excluding tert-OH is 2. The molecule has 0 aliphatic carbocycles. The maximum absolute atomic E-state index is 15.9. The third kappa shape index (κ3) is 4.78. The summed E-state index contributed by atoms with van der Waals surface area (Å²) in [7, 11) is 0. The van der Waals surface area contributed by atoms with Gasteiger partial charge in [0, 0.05) is 0 Å². The van der Waals surface area contributed by atoms with Crippen molar-refractivity contribution in [2.45, 2.75) is 40.9 Å². The number of nitrogens with two attached hydrogens (primary N) is 2. The van der Waals surface area contributed by atoms with E-state index in [1.165, 1.54) is 0 Å². The number of nitrogen functional groups attached to an aromatic ring is 2. The van der Waals surface area contributed by atoms with Crippen molar-refractivity contribution in [3.05, 3.63) is 16.7 Å². The van der Waals surface area contributed by atoms with Gasteiger partial charge in [-0.05, 0) is 0 Å². The Labute approximate surface area is 241 Å². The van der Waals surface area contributed by atoms with Crippen LogP contribution in [0.15, 0.2) is 11.1 Å². The number of halogens is 2. The van der Waals surface area contributed by atoms with Crippen molar-refractivity contribution in [1.82, 2.24) is 49.9 Å². The highest BCUT2D eigenvalue weighted by Gasteiger charge is 2.55. The number of aromatic nitrogens is 10. The predicted octanol–water partition coefficient (Wildman–Crippen LogP) is -1.32. The van der Waals surface area contributed by atoms with Crippen molar-refractivity contribution in [3.8, 4) is 0 Å². The Morgan fingerprint density at radius 2 is 2.05 bits per heavy atom. The summed E-state index contributed by atoms with van der Waals surface area (Å²) < 4.78 is 62.3. The van der Waals surface area contributed by atoms with Gasteiger partial charge < -0.3 is 26.4 Å². The van der Waals surface area contributed by atoms with Crippen LogP contribution in [0.25, 0.3) is 22.3 Å². The smallest absolute Gasteiger partial charge is 0.386 e. The number of thioether (sulfide) groups is 1. The summed E-state index contributed by atoms with van der Waals surface area (Å²) in [6, 6.07) is 0. The van der Waals surface area contributed by atoms with Crippen molar-refractivity contribution in [1.29, 1.82) is 0 Å². The molecule has 7 N–H and O–H groups in total. The Morgan fingerprint density at radius 1 is 1.29 bits per heavy atom. The summed E-state index contributed by atoms with van der Waals surface area (Å²) in [4.78, 5) is 26.1. The molecule has 0 amide bonds. The highest BCUT2D eigenvalue weighted by Crippen LogP contribution is 2.59. The van der Waals surface area contributed by atoms with Crippen LogP contribution in [-0.4, -0.2) is 110 Å². The summed E-state index contributed by atoms with van der Waals surface area (Å²) in [6.07, 6.45) is -5.79. The van der Waals surface area contributed by atoms with Crippen LogP contribution in [0, 0.1) is 0 Å². The molecule has 4 aromatic rings. The van der Waals surface area contributed by atoms with E-state index in [1.54, 1.807) is 0 Å². The third-order valence-corrected chi connectivity index (χ3v) is 9.74. The molecule has 6 rings (SSSR count). The molecule has 0 radical (unpaired) electrons. The molecule has 2 aliphatic heterocycles. The number of ether oxygens (including phenoxy) is 1. The fourth-order valence-electron chi connectivity index (χ4n) is 4.56. The first-order chi connectivity index (χ1) is 19.9. The molecule has 0 bridgehead atoms. The number of alkyl halides is 2. The molecule has 8 atom stereocenters. The third-order valence-electron chi connectivity index (χ3n) is 6.62.